The van der Waals surface area contributed by atoms with Gasteiger partial charge < -0.3 is 15.1 Å². The van der Waals surface area contributed by atoms with Crippen molar-refractivity contribution in [2.45, 2.75) is 64.2 Å². The number of carbonyl (C=O) groups is 2. The van der Waals surface area contributed by atoms with Gasteiger partial charge in [-0.3, -0.25) is 9.59 Å². The predicted octanol–water partition coefficient (Wildman–Crippen LogP) is 3.47. The third-order valence-electron chi connectivity index (χ3n) is 6.73. The van der Waals surface area contributed by atoms with Gasteiger partial charge in [-0.1, -0.05) is 19.3 Å². The fourth-order valence-corrected chi connectivity index (χ4v) is 6.12. The number of fused-ring (bicyclic) bond motifs is 1. The fraction of sp³-hybridized carbons (Fsp3) is 0.739. The molecule has 1 aromatic rings. The van der Waals surface area contributed by atoms with E-state index in [1.807, 2.05) is 4.90 Å². The van der Waals surface area contributed by atoms with Gasteiger partial charge in [0.25, 0.3) is 5.91 Å². The van der Waals surface area contributed by atoms with Crippen molar-refractivity contribution in [2.24, 2.45) is 5.92 Å². The van der Waals surface area contributed by atoms with Crippen LogP contribution in [0.4, 0.5) is 0 Å². The summed E-state index contributed by atoms with van der Waals surface area (Å²) in [6.07, 6.45) is 11.3. The zero-order valence-electron chi connectivity index (χ0n) is 17.6. The average Bonchev–Trinajstić information content (AvgIpc) is 2.99. The Labute approximate surface area is 178 Å². The van der Waals surface area contributed by atoms with E-state index in [0.29, 0.717) is 0 Å². The SMILES string of the molecule is O=C(NCCN1CCCCC1)C1CCc2sc(C(=O)N3CCCCCC3)cc2C1. The first-order chi connectivity index (χ1) is 14.2. The number of nitrogens with one attached hydrogen (secondary N) is 1. The van der Waals surface area contributed by atoms with Crippen LogP contribution in [0.15, 0.2) is 6.07 Å². The lowest BCUT2D eigenvalue weighted by Gasteiger charge is -2.27. The molecule has 2 fully saturated rings. The molecule has 3 heterocycles. The molecule has 1 atom stereocenters. The normalized spacial score (nSPS) is 23.3. The number of likely N-dealkylation sites (tertiary alicyclic amines) is 2. The fourth-order valence-electron chi connectivity index (χ4n) is 4.95. The second-order valence-electron chi connectivity index (χ2n) is 8.90. The molecule has 0 radical (unpaired) electrons. The zero-order valence-corrected chi connectivity index (χ0v) is 18.4. The summed E-state index contributed by atoms with van der Waals surface area (Å²) in [6.45, 7) is 5.85. The molecule has 2 saturated heterocycles. The third-order valence-corrected chi connectivity index (χ3v) is 7.96. The van der Waals surface area contributed by atoms with Gasteiger partial charge in [-0.25, -0.2) is 0 Å². The molecule has 0 aromatic carbocycles. The van der Waals surface area contributed by atoms with Crippen LogP contribution in [0.1, 0.15) is 71.5 Å². The maximum Gasteiger partial charge on any atom is 0.263 e. The quantitative estimate of drug-likeness (QED) is 0.798. The van der Waals surface area contributed by atoms with Crippen molar-refractivity contribution in [3.63, 3.8) is 0 Å². The molecule has 0 bridgehead atoms. The van der Waals surface area contributed by atoms with Crippen LogP contribution in [-0.4, -0.2) is 60.9 Å². The second kappa shape index (κ2) is 10.1. The van der Waals surface area contributed by atoms with E-state index in [0.717, 1.165) is 63.2 Å². The summed E-state index contributed by atoms with van der Waals surface area (Å²) in [7, 11) is 0. The molecule has 1 aromatic heterocycles. The van der Waals surface area contributed by atoms with Crippen molar-refractivity contribution in [2.75, 3.05) is 39.3 Å². The maximum atomic E-state index is 12.9. The summed E-state index contributed by atoms with van der Waals surface area (Å²) in [6, 6.07) is 2.08. The molecule has 6 heteroatoms. The summed E-state index contributed by atoms with van der Waals surface area (Å²) < 4.78 is 0. The Bertz CT molecular complexity index is 703. The van der Waals surface area contributed by atoms with E-state index in [4.69, 9.17) is 0 Å². The minimum atomic E-state index is 0.0552. The molecule has 5 nitrogen and oxygen atoms in total. The minimum absolute atomic E-state index is 0.0552. The van der Waals surface area contributed by atoms with Crippen molar-refractivity contribution in [1.29, 1.82) is 0 Å². The topological polar surface area (TPSA) is 52.7 Å². The number of hydrogen-bond donors (Lipinski definition) is 1. The third kappa shape index (κ3) is 5.40. The Kier molecular flexibility index (Phi) is 7.24. The largest absolute Gasteiger partial charge is 0.355 e. The molecular weight excluding hydrogens is 382 g/mol. The van der Waals surface area contributed by atoms with E-state index in [1.54, 1.807) is 11.3 Å². The molecule has 0 saturated carbocycles. The summed E-state index contributed by atoms with van der Waals surface area (Å²) >= 11 is 1.66. The summed E-state index contributed by atoms with van der Waals surface area (Å²) in [5, 5.41) is 3.17. The standard InChI is InChI=1S/C23H35N3O2S/c27-22(24-10-15-25-11-4-3-5-12-25)18-8-9-20-19(16-18)17-21(29-20)23(28)26-13-6-1-2-7-14-26/h17-18H,1-16H2,(H,24,27). The molecule has 1 unspecified atom stereocenters. The number of rotatable bonds is 5. The van der Waals surface area contributed by atoms with Gasteiger partial charge in [-0.05, 0) is 69.7 Å². The van der Waals surface area contributed by atoms with E-state index in [-0.39, 0.29) is 17.7 Å². The van der Waals surface area contributed by atoms with E-state index in [2.05, 4.69) is 16.3 Å². The Morgan fingerprint density at radius 3 is 2.45 bits per heavy atom. The lowest BCUT2D eigenvalue weighted by Crippen LogP contribution is -2.40. The first-order valence-corrected chi connectivity index (χ1v) is 12.4. The summed E-state index contributed by atoms with van der Waals surface area (Å²) in [4.78, 5) is 32.3. The number of nitrogens with zero attached hydrogens (tertiary/aromatic N) is 2. The lowest BCUT2D eigenvalue weighted by atomic mass is 9.87. The number of aryl methyl sites for hydroxylation is 1. The van der Waals surface area contributed by atoms with Gasteiger partial charge in [0.2, 0.25) is 5.91 Å². The number of piperidine rings is 1. The van der Waals surface area contributed by atoms with Crippen molar-refractivity contribution < 1.29 is 9.59 Å². The monoisotopic (exact) mass is 417 g/mol. The van der Waals surface area contributed by atoms with Crippen molar-refractivity contribution in [3.05, 3.63) is 21.4 Å². The molecule has 2 aliphatic heterocycles. The molecule has 0 spiro atoms. The lowest BCUT2D eigenvalue weighted by molar-refractivity contribution is -0.125. The zero-order chi connectivity index (χ0) is 20.1. The van der Waals surface area contributed by atoms with Gasteiger partial charge in [0.1, 0.15) is 0 Å². The smallest absolute Gasteiger partial charge is 0.263 e. The van der Waals surface area contributed by atoms with Crippen LogP contribution >= 0.6 is 11.3 Å². The highest BCUT2D eigenvalue weighted by Gasteiger charge is 2.28. The number of thiophene rings is 1. The summed E-state index contributed by atoms with van der Waals surface area (Å²) in [5.74, 6) is 0.452. The molecule has 29 heavy (non-hydrogen) atoms. The number of hydrogen-bond acceptors (Lipinski definition) is 4. The number of amides is 2. The Hall–Kier alpha value is -1.40. The van der Waals surface area contributed by atoms with Crippen molar-refractivity contribution >= 4 is 23.2 Å². The Morgan fingerprint density at radius 1 is 1.00 bits per heavy atom. The van der Waals surface area contributed by atoms with E-state index in [1.165, 1.54) is 55.6 Å². The van der Waals surface area contributed by atoms with Gasteiger partial charge in [-0.15, -0.1) is 11.3 Å². The van der Waals surface area contributed by atoms with Gasteiger partial charge >= 0.3 is 0 Å². The van der Waals surface area contributed by atoms with E-state index >= 15 is 0 Å². The Balaban J connectivity index is 1.29. The summed E-state index contributed by atoms with van der Waals surface area (Å²) in [5.41, 5.74) is 1.23. The first-order valence-electron chi connectivity index (χ1n) is 11.6. The molecule has 1 N–H and O–H groups in total. The van der Waals surface area contributed by atoms with Crippen molar-refractivity contribution in [1.82, 2.24) is 15.1 Å². The van der Waals surface area contributed by atoms with Gasteiger partial charge in [0.15, 0.2) is 0 Å². The van der Waals surface area contributed by atoms with Crippen LogP contribution in [0, 0.1) is 5.92 Å². The van der Waals surface area contributed by atoms with Crippen LogP contribution in [0.3, 0.4) is 0 Å². The number of carbonyl (C=O) groups excluding carboxylic acids is 2. The van der Waals surface area contributed by atoms with Crippen LogP contribution < -0.4 is 5.32 Å². The van der Waals surface area contributed by atoms with E-state index in [9.17, 15) is 9.59 Å². The van der Waals surface area contributed by atoms with Crippen LogP contribution in [-0.2, 0) is 17.6 Å². The molecule has 4 rings (SSSR count). The Morgan fingerprint density at radius 2 is 1.69 bits per heavy atom. The van der Waals surface area contributed by atoms with Gasteiger partial charge in [-0.2, -0.15) is 0 Å². The highest BCUT2D eigenvalue weighted by molar-refractivity contribution is 7.14. The molecule has 2 amide bonds. The average molecular weight is 418 g/mol. The molecule has 3 aliphatic rings. The molecule has 160 valence electrons. The van der Waals surface area contributed by atoms with E-state index < -0.39 is 0 Å². The van der Waals surface area contributed by atoms with Crippen LogP contribution in [0.25, 0.3) is 0 Å². The van der Waals surface area contributed by atoms with Crippen molar-refractivity contribution in [3.8, 4) is 0 Å². The van der Waals surface area contributed by atoms with Crippen LogP contribution in [0.5, 0.6) is 0 Å². The minimum Gasteiger partial charge on any atom is -0.355 e. The highest BCUT2D eigenvalue weighted by Crippen LogP contribution is 2.33. The second-order valence-corrected chi connectivity index (χ2v) is 10.0. The maximum absolute atomic E-state index is 12.9. The predicted molar refractivity (Wildman–Crippen MR) is 118 cm³/mol. The molecular formula is C23H35N3O2S. The van der Waals surface area contributed by atoms with Crippen LogP contribution in [0.2, 0.25) is 0 Å². The van der Waals surface area contributed by atoms with Gasteiger partial charge in [0, 0.05) is 37.0 Å². The molecule has 1 aliphatic carbocycles. The highest BCUT2D eigenvalue weighted by atomic mass is 32.1. The first kappa shape index (κ1) is 20.9. The van der Waals surface area contributed by atoms with Gasteiger partial charge in [0.05, 0.1) is 4.88 Å².